The highest BCUT2D eigenvalue weighted by molar-refractivity contribution is 14.0. The van der Waals surface area contributed by atoms with E-state index in [-0.39, 0.29) is 30.1 Å². The van der Waals surface area contributed by atoms with E-state index in [9.17, 15) is 0 Å². The van der Waals surface area contributed by atoms with Gasteiger partial charge in [0.2, 0.25) is 0 Å². The number of likely N-dealkylation sites (tertiary alicyclic amines) is 1. The molecule has 2 aliphatic heterocycles. The minimum absolute atomic E-state index is 0. The smallest absolute Gasteiger partial charge is 0.193 e. The van der Waals surface area contributed by atoms with Crippen molar-refractivity contribution in [3.63, 3.8) is 0 Å². The van der Waals surface area contributed by atoms with Crippen molar-refractivity contribution in [2.24, 2.45) is 18.0 Å². The largest absolute Gasteiger partial charge is 0.370 e. The molecule has 1 saturated carbocycles. The second kappa shape index (κ2) is 11.7. The van der Waals surface area contributed by atoms with Crippen LogP contribution in [-0.2, 0) is 11.8 Å². The van der Waals surface area contributed by atoms with Crippen molar-refractivity contribution in [3.05, 3.63) is 18.0 Å². The highest BCUT2D eigenvalue weighted by Crippen LogP contribution is 2.27. The molecule has 0 radical (unpaired) electrons. The van der Waals surface area contributed by atoms with E-state index < -0.39 is 0 Å². The third-order valence-electron chi connectivity index (χ3n) is 6.89. The monoisotopic (exact) mass is 530 g/mol. The number of hydrogen-bond acceptors (Lipinski definition) is 4. The Morgan fingerprint density at radius 3 is 2.77 bits per heavy atom. The van der Waals surface area contributed by atoms with Gasteiger partial charge in [0.1, 0.15) is 6.10 Å². The van der Waals surface area contributed by atoms with Crippen LogP contribution in [0.4, 0.5) is 0 Å². The Morgan fingerprint density at radius 2 is 2.03 bits per heavy atom. The Kier molecular flexibility index (Phi) is 9.25. The fourth-order valence-electron chi connectivity index (χ4n) is 5.26. The molecule has 30 heavy (non-hydrogen) atoms. The number of morpholine rings is 1. The zero-order valence-electron chi connectivity index (χ0n) is 18.6. The summed E-state index contributed by atoms with van der Waals surface area (Å²) in [6.07, 6.45) is 13.8. The molecule has 2 saturated heterocycles. The quantitative estimate of drug-likeness (QED) is 0.361. The topological polar surface area (TPSA) is 57.9 Å². The van der Waals surface area contributed by atoms with Crippen LogP contribution in [0.3, 0.4) is 0 Å². The molecule has 4 rings (SSSR count). The lowest BCUT2D eigenvalue weighted by Crippen LogP contribution is -2.51. The molecule has 8 heteroatoms. The summed E-state index contributed by atoms with van der Waals surface area (Å²) >= 11 is 0. The van der Waals surface area contributed by atoms with Gasteiger partial charge in [-0.05, 0) is 38.1 Å². The van der Waals surface area contributed by atoms with Gasteiger partial charge in [-0.15, -0.1) is 24.0 Å². The van der Waals surface area contributed by atoms with Crippen molar-refractivity contribution in [1.82, 2.24) is 24.9 Å². The van der Waals surface area contributed by atoms with Gasteiger partial charge < -0.3 is 15.0 Å². The number of halogens is 1. The molecule has 3 heterocycles. The Bertz CT molecular complexity index is 674. The Balaban J connectivity index is 0.00000256. The van der Waals surface area contributed by atoms with Gasteiger partial charge in [-0.1, -0.05) is 19.3 Å². The fourth-order valence-corrected chi connectivity index (χ4v) is 5.26. The SMILES string of the molecule is CN=C(NCC1CCCN1CC1CCCCC1)N1CCOC(c2cnn(C)c2)C1.I. The van der Waals surface area contributed by atoms with Crippen LogP contribution in [0.5, 0.6) is 0 Å². The van der Waals surface area contributed by atoms with E-state index in [0.29, 0.717) is 6.04 Å². The Hall–Kier alpha value is -0.870. The predicted octanol–water partition coefficient (Wildman–Crippen LogP) is 3.03. The van der Waals surface area contributed by atoms with Gasteiger partial charge in [-0.3, -0.25) is 14.6 Å². The van der Waals surface area contributed by atoms with Crippen LogP contribution in [-0.4, -0.2) is 78.0 Å². The number of aryl methyl sites for hydroxylation is 1. The summed E-state index contributed by atoms with van der Waals surface area (Å²) in [6, 6.07) is 0.642. The molecule has 170 valence electrons. The normalized spacial score (nSPS) is 26.6. The van der Waals surface area contributed by atoms with E-state index in [2.05, 4.69) is 25.2 Å². The van der Waals surface area contributed by atoms with Crippen LogP contribution in [0.15, 0.2) is 17.4 Å². The first-order valence-electron chi connectivity index (χ1n) is 11.5. The number of guanidine groups is 1. The zero-order valence-corrected chi connectivity index (χ0v) is 21.0. The van der Waals surface area contributed by atoms with Crippen LogP contribution in [0.1, 0.15) is 56.6 Å². The Morgan fingerprint density at radius 1 is 1.20 bits per heavy atom. The first-order chi connectivity index (χ1) is 14.2. The molecule has 0 amide bonds. The third kappa shape index (κ3) is 6.09. The molecule has 2 atom stereocenters. The van der Waals surface area contributed by atoms with Gasteiger partial charge >= 0.3 is 0 Å². The lowest BCUT2D eigenvalue weighted by atomic mass is 9.89. The van der Waals surface area contributed by atoms with Gasteiger partial charge in [-0.2, -0.15) is 5.10 Å². The number of nitrogens with zero attached hydrogens (tertiary/aromatic N) is 5. The lowest BCUT2D eigenvalue weighted by Gasteiger charge is -2.36. The standard InChI is InChI=1S/C22H38N6O.HI/c1-23-22(28-11-12-29-21(17-28)19-13-25-26(2)16-19)24-14-20-9-6-10-27(20)15-18-7-4-3-5-8-18;/h13,16,18,20-21H,3-12,14-15,17H2,1-2H3,(H,23,24);1H. The van der Waals surface area contributed by atoms with Crippen LogP contribution < -0.4 is 5.32 Å². The second-order valence-electron chi connectivity index (χ2n) is 8.98. The molecule has 2 unspecified atom stereocenters. The minimum Gasteiger partial charge on any atom is -0.370 e. The van der Waals surface area contributed by atoms with E-state index >= 15 is 0 Å². The molecule has 0 aromatic carbocycles. The molecule has 1 aromatic rings. The third-order valence-corrected chi connectivity index (χ3v) is 6.89. The number of ether oxygens (including phenoxy) is 1. The van der Waals surface area contributed by atoms with Crippen LogP contribution in [0.2, 0.25) is 0 Å². The summed E-state index contributed by atoms with van der Waals surface area (Å²) in [5, 5.41) is 7.98. The van der Waals surface area contributed by atoms with Crippen molar-refractivity contribution < 1.29 is 4.74 Å². The summed E-state index contributed by atoms with van der Waals surface area (Å²) in [7, 11) is 3.84. The van der Waals surface area contributed by atoms with Crippen molar-refractivity contribution in [1.29, 1.82) is 0 Å². The summed E-state index contributed by atoms with van der Waals surface area (Å²) in [4.78, 5) is 9.66. The maximum atomic E-state index is 6.00. The number of aliphatic imine (C=N–C) groups is 1. The fraction of sp³-hybridized carbons (Fsp3) is 0.818. The Labute approximate surface area is 198 Å². The molecule has 3 aliphatic rings. The van der Waals surface area contributed by atoms with E-state index in [0.717, 1.165) is 43.7 Å². The number of aromatic nitrogens is 2. The van der Waals surface area contributed by atoms with E-state index in [4.69, 9.17) is 4.74 Å². The van der Waals surface area contributed by atoms with Gasteiger partial charge in [0, 0.05) is 51.5 Å². The van der Waals surface area contributed by atoms with Crippen molar-refractivity contribution in [2.75, 3.05) is 46.4 Å². The molecule has 7 nitrogen and oxygen atoms in total. The van der Waals surface area contributed by atoms with Gasteiger partial charge in [-0.25, -0.2) is 0 Å². The molecular formula is C22H39IN6O. The second-order valence-corrected chi connectivity index (χ2v) is 8.98. The molecule has 1 aliphatic carbocycles. The average Bonchev–Trinajstić information content (AvgIpc) is 3.38. The molecule has 0 bridgehead atoms. The van der Waals surface area contributed by atoms with Crippen molar-refractivity contribution >= 4 is 29.9 Å². The summed E-state index contributed by atoms with van der Waals surface area (Å²) in [5.74, 6) is 1.93. The van der Waals surface area contributed by atoms with Gasteiger partial charge in [0.25, 0.3) is 0 Å². The number of rotatable bonds is 5. The van der Waals surface area contributed by atoms with Crippen LogP contribution >= 0.6 is 24.0 Å². The molecule has 1 N–H and O–H groups in total. The van der Waals surface area contributed by atoms with E-state index in [1.54, 1.807) is 0 Å². The number of nitrogens with one attached hydrogen (secondary N) is 1. The van der Waals surface area contributed by atoms with Crippen LogP contribution in [0, 0.1) is 5.92 Å². The van der Waals surface area contributed by atoms with Crippen molar-refractivity contribution in [2.45, 2.75) is 57.1 Å². The first-order valence-corrected chi connectivity index (χ1v) is 11.5. The summed E-state index contributed by atoms with van der Waals surface area (Å²) < 4.78 is 7.83. The minimum atomic E-state index is 0. The molecular weight excluding hydrogens is 491 g/mol. The van der Waals surface area contributed by atoms with Crippen molar-refractivity contribution in [3.8, 4) is 0 Å². The zero-order chi connectivity index (χ0) is 20.1. The summed E-state index contributed by atoms with van der Waals surface area (Å²) in [5.41, 5.74) is 1.14. The van der Waals surface area contributed by atoms with Gasteiger partial charge in [0.15, 0.2) is 5.96 Å². The lowest BCUT2D eigenvalue weighted by molar-refractivity contribution is -0.00811. The first kappa shape index (κ1) is 23.8. The maximum Gasteiger partial charge on any atom is 0.193 e. The maximum absolute atomic E-state index is 6.00. The molecule has 0 spiro atoms. The van der Waals surface area contributed by atoms with E-state index in [1.807, 2.05) is 31.2 Å². The van der Waals surface area contributed by atoms with Crippen LogP contribution in [0.25, 0.3) is 0 Å². The number of hydrogen-bond donors (Lipinski definition) is 1. The predicted molar refractivity (Wildman–Crippen MR) is 131 cm³/mol. The van der Waals surface area contributed by atoms with E-state index in [1.165, 1.54) is 58.0 Å². The average molecular weight is 530 g/mol. The van der Waals surface area contributed by atoms with Gasteiger partial charge in [0.05, 0.1) is 19.3 Å². The summed E-state index contributed by atoms with van der Waals surface area (Å²) in [6.45, 7) is 5.98. The highest BCUT2D eigenvalue weighted by Gasteiger charge is 2.29. The highest BCUT2D eigenvalue weighted by atomic mass is 127. The molecule has 1 aromatic heterocycles. The molecule has 3 fully saturated rings.